The summed E-state index contributed by atoms with van der Waals surface area (Å²) >= 11 is 0. The van der Waals surface area contributed by atoms with Crippen molar-refractivity contribution in [1.82, 2.24) is 24.0 Å². The molecule has 4 aliphatic rings. The first-order valence-corrected chi connectivity index (χ1v) is 13.1. The number of nitrogen functional groups attached to an aromatic ring is 1. The van der Waals surface area contributed by atoms with Crippen molar-refractivity contribution in [2.75, 3.05) is 32.0 Å². The van der Waals surface area contributed by atoms with Crippen molar-refractivity contribution >= 4 is 21.5 Å². The Kier molecular flexibility index (Phi) is 5.01. The average Bonchev–Trinajstić information content (AvgIpc) is 3.20. The molecule has 13 heteroatoms. The van der Waals surface area contributed by atoms with Crippen LogP contribution in [0.5, 0.6) is 0 Å². The van der Waals surface area contributed by atoms with E-state index in [9.17, 15) is 21.6 Å². The summed E-state index contributed by atoms with van der Waals surface area (Å²) in [5.41, 5.74) is 5.64. The molecule has 2 aromatic heterocycles. The lowest BCUT2D eigenvalue weighted by Gasteiger charge is -2.74. The number of morpholine rings is 1. The van der Waals surface area contributed by atoms with E-state index in [-0.39, 0.29) is 27.6 Å². The maximum Gasteiger partial charge on any atom is 0.434 e. The number of fused-ring (bicyclic) bond motifs is 1. The van der Waals surface area contributed by atoms with Gasteiger partial charge in [0, 0.05) is 35.9 Å². The maximum absolute atomic E-state index is 13.3. The van der Waals surface area contributed by atoms with Gasteiger partial charge in [-0.2, -0.15) is 13.2 Å². The van der Waals surface area contributed by atoms with Gasteiger partial charge in [0.05, 0.1) is 30.0 Å². The molecular weight excluding hydrogens is 497 g/mol. The van der Waals surface area contributed by atoms with Crippen molar-refractivity contribution in [3.05, 3.63) is 41.9 Å². The topological polar surface area (TPSA) is 115 Å². The molecular formula is C23H25F3N6O3S. The molecule has 9 nitrogen and oxygen atoms in total. The number of benzene rings is 1. The summed E-state index contributed by atoms with van der Waals surface area (Å²) in [7, 11) is -3.86. The van der Waals surface area contributed by atoms with E-state index in [1.54, 1.807) is 13.0 Å². The second-order valence-corrected chi connectivity index (χ2v) is 11.7. The number of rotatable bonds is 5. The molecule has 3 aromatic rings. The molecule has 7 rings (SSSR count). The third kappa shape index (κ3) is 3.59. The summed E-state index contributed by atoms with van der Waals surface area (Å²) < 4.78 is 76.2. The van der Waals surface area contributed by atoms with E-state index in [4.69, 9.17) is 10.5 Å². The van der Waals surface area contributed by atoms with Crippen LogP contribution in [0.1, 0.15) is 30.5 Å². The Bertz CT molecular complexity index is 1460. The van der Waals surface area contributed by atoms with Gasteiger partial charge >= 0.3 is 6.18 Å². The highest BCUT2D eigenvalue weighted by atomic mass is 32.2. The minimum atomic E-state index is -4.70. The normalized spacial score (nSPS) is 26.6. The number of sulfonamides is 1. The quantitative estimate of drug-likeness (QED) is 0.529. The first kappa shape index (κ1) is 23.6. The first-order valence-electron chi connectivity index (χ1n) is 11.6. The molecule has 3 aliphatic carbocycles. The molecule has 36 heavy (non-hydrogen) atoms. The van der Waals surface area contributed by atoms with E-state index < -0.39 is 27.4 Å². The Morgan fingerprint density at radius 3 is 2.53 bits per heavy atom. The summed E-state index contributed by atoms with van der Waals surface area (Å²) in [4.78, 5) is 9.97. The molecule has 1 saturated heterocycles. The summed E-state index contributed by atoms with van der Waals surface area (Å²) in [6.07, 6.45) is -0.227. The number of hydrogen-bond donors (Lipinski definition) is 2. The number of halogens is 3. The molecule has 3 heterocycles. The molecule has 3 N–H and O–H groups in total. The van der Waals surface area contributed by atoms with E-state index in [1.807, 2.05) is 0 Å². The summed E-state index contributed by atoms with van der Waals surface area (Å²) in [6, 6.07) is 4.61. The molecule has 0 spiro atoms. The number of nitrogens with one attached hydrogen (secondary N) is 1. The predicted molar refractivity (Wildman–Crippen MR) is 125 cm³/mol. The number of nitrogens with zero attached hydrogens (tertiary/aromatic N) is 4. The lowest BCUT2D eigenvalue weighted by atomic mass is 9.44. The molecule has 1 aromatic carbocycles. The Hall–Kier alpha value is -2.74. The molecule has 0 radical (unpaired) electrons. The number of nitrogens with two attached hydrogens (primary N) is 1. The van der Waals surface area contributed by atoms with Gasteiger partial charge in [0.15, 0.2) is 17.2 Å². The third-order valence-corrected chi connectivity index (χ3v) is 9.22. The van der Waals surface area contributed by atoms with Crippen molar-refractivity contribution in [1.29, 1.82) is 0 Å². The summed E-state index contributed by atoms with van der Waals surface area (Å²) in [6.45, 7) is 4.87. The molecule has 192 valence electrons. The zero-order chi connectivity index (χ0) is 25.5. The van der Waals surface area contributed by atoms with Crippen LogP contribution in [0.15, 0.2) is 35.5 Å². The van der Waals surface area contributed by atoms with E-state index in [2.05, 4.69) is 19.6 Å². The Morgan fingerprint density at radius 2 is 1.86 bits per heavy atom. The predicted octanol–water partition coefficient (Wildman–Crippen LogP) is 2.59. The lowest BCUT2D eigenvalue weighted by molar-refractivity contribution is -0.188. The maximum atomic E-state index is 13.3. The van der Waals surface area contributed by atoms with Crippen LogP contribution in [-0.2, 0) is 20.9 Å². The molecule has 1 aliphatic heterocycles. The standard InChI is InChI=1S/C23H25F3N6O3S/c1-14-2-3-15(36(33,34)30-21-11-22(12-21,13-21)31-4-6-35-7-5-31)8-16(14)17-9-28-20-19(27)29-18(10-32(17)20)23(24,25)26/h2-3,8-10,30H,4-7,11-13H2,1H3,(H2,27,29). The van der Waals surface area contributed by atoms with E-state index in [1.165, 1.54) is 22.7 Å². The van der Waals surface area contributed by atoms with Crippen LogP contribution in [0, 0.1) is 6.92 Å². The summed E-state index contributed by atoms with van der Waals surface area (Å²) in [5.74, 6) is -0.364. The number of alkyl halides is 3. The van der Waals surface area contributed by atoms with Gasteiger partial charge in [0.2, 0.25) is 10.0 Å². The van der Waals surface area contributed by atoms with Crippen molar-refractivity contribution in [2.24, 2.45) is 0 Å². The van der Waals surface area contributed by atoms with E-state index >= 15 is 0 Å². The zero-order valence-electron chi connectivity index (χ0n) is 19.5. The van der Waals surface area contributed by atoms with Gasteiger partial charge in [-0.15, -0.1) is 0 Å². The zero-order valence-corrected chi connectivity index (χ0v) is 20.3. The number of ether oxygens (including phenoxy) is 1. The van der Waals surface area contributed by atoms with Crippen molar-refractivity contribution < 1.29 is 26.3 Å². The monoisotopic (exact) mass is 522 g/mol. The molecule has 0 atom stereocenters. The SMILES string of the molecule is Cc1ccc(S(=O)(=O)NC23CC(N4CCOCC4)(C2)C3)cc1-c1cnc2c(N)nc(C(F)(F)F)cn12. The number of hydrogen-bond acceptors (Lipinski definition) is 7. The second kappa shape index (κ2) is 7.63. The fourth-order valence-corrected chi connectivity index (χ4v) is 7.38. The van der Waals surface area contributed by atoms with Gasteiger partial charge in [0.1, 0.15) is 0 Å². The number of aryl methyl sites for hydroxylation is 1. The number of aromatic nitrogens is 3. The van der Waals surface area contributed by atoms with Crippen LogP contribution >= 0.6 is 0 Å². The molecule has 0 amide bonds. The van der Waals surface area contributed by atoms with Crippen LogP contribution < -0.4 is 10.5 Å². The fourth-order valence-electron chi connectivity index (χ4n) is 5.95. The highest BCUT2D eigenvalue weighted by molar-refractivity contribution is 7.89. The van der Waals surface area contributed by atoms with Gasteiger partial charge < -0.3 is 10.5 Å². The van der Waals surface area contributed by atoms with Crippen LogP contribution in [0.4, 0.5) is 19.0 Å². The van der Waals surface area contributed by atoms with E-state index in [0.29, 0.717) is 24.3 Å². The van der Waals surface area contributed by atoms with Crippen LogP contribution in [0.3, 0.4) is 0 Å². The van der Waals surface area contributed by atoms with Gasteiger partial charge in [-0.1, -0.05) is 6.07 Å². The molecule has 4 fully saturated rings. The molecule has 2 bridgehead atoms. The fraction of sp³-hybridized carbons (Fsp3) is 0.478. The average molecular weight is 523 g/mol. The van der Waals surface area contributed by atoms with Gasteiger partial charge in [0.25, 0.3) is 0 Å². The summed E-state index contributed by atoms with van der Waals surface area (Å²) in [5, 5.41) is 0. The van der Waals surface area contributed by atoms with E-state index in [0.717, 1.165) is 38.5 Å². The number of imidazole rings is 1. The van der Waals surface area contributed by atoms with Crippen LogP contribution in [0.2, 0.25) is 0 Å². The van der Waals surface area contributed by atoms with Crippen molar-refractivity contribution in [2.45, 2.75) is 48.3 Å². The van der Waals surface area contributed by atoms with Crippen LogP contribution in [-0.4, -0.2) is 65.1 Å². The number of anilines is 1. The minimum absolute atomic E-state index is 0.0428. The van der Waals surface area contributed by atoms with Crippen LogP contribution in [0.25, 0.3) is 16.9 Å². The molecule has 0 unspecified atom stereocenters. The first-order chi connectivity index (χ1) is 16.9. The smallest absolute Gasteiger partial charge is 0.381 e. The highest BCUT2D eigenvalue weighted by Crippen LogP contribution is 2.64. The Morgan fingerprint density at radius 1 is 1.17 bits per heavy atom. The van der Waals surface area contributed by atoms with Gasteiger partial charge in [-0.25, -0.2) is 23.1 Å². The Balaban J connectivity index is 1.29. The van der Waals surface area contributed by atoms with Crippen molar-refractivity contribution in [3.63, 3.8) is 0 Å². The third-order valence-electron chi connectivity index (χ3n) is 7.64. The minimum Gasteiger partial charge on any atom is -0.381 e. The Labute approximate surface area is 205 Å². The second-order valence-electron chi connectivity index (χ2n) is 10.1. The molecule has 3 saturated carbocycles. The van der Waals surface area contributed by atoms with Gasteiger partial charge in [-0.3, -0.25) is 9.30 Å². The largest absolute Gasteiger partial charge is 0.434 e. The lowest BCUT2D eigenvalue weighted by Crippen LogP contribution is -2.84. The van der Waals surface area contributed by atoms with Crippen molar-refractivity contribution in [3.8, 4) is 11.3 Å². The van der Waals surface area contributed by atoms with Gasteiger partial charge in [-0.05, 0) is 43.9 Å². The highest BCUT2D eigenvalue weighted by Gasteiger charge is 2.71.